The number of carbonyl (C=O) groups is 2. The van der Waals surface area contributed by atoms with Crippen molar-refractivity contribution in [1.82, 2.24) is 0 Å². The Balaban J connectivity index is 1.67. The van der Waals surface area contributed by atoms with Crippen LogP contribution >= 0.6 is 0 Å². The lowest BCUT2D eigenvalue weighted by atomic mass is 9.47. The Labute approximate surface area is 133 Å². The fourth-order valence-electron chi connectivity index (χ4n) is 6.87. The summed E-state index contributed by atoms with van der Waals surface area (Å²) in [4.78, 5) is 23.1. The van der Waals surface area contributed by atoms with Crippen molar-refractivity contribution < 1.29 is 9.59 Å². The van der Waals surface area contributed by atoms with Crippen molar-refractivity contribution in [1.29, 1.82) is 0 Å². The first-order valence-electron chi connectivity index (χ1n) is 9.27. The third-order valence-electron chi connectivity index (χ3n) is 7.98. The van der Waals surface area contributed by atoms with Crippen LogP contribution in [0, 0.1) is 28.6 Å². The predicted molar refractivity (Wildman–Crippen MR) is 86.3 cm³/mol. The number of ketones is 1. The third kappa shape index (κ3) is 1.91. The maximum Gasteiger partial charge on any atom is 0.155 e. The molecule has 22 heavy (non-hydrogen) atoms. The smallest absolute Gasteiger partial charge is 0.155 e. The first-order valence-corrected chi connectivity index (χ1v) is 9.27. The quantitative estimate of drug-likeness (QED) is 0.705. The monoisotopic (exact) mass is 300 g/mol. The van der Waals surface area contributed by atoms with E-state index in [1.165, 1.54) is 50.4 Å². The Morgan fingerprint density at radius 3 is 2.82 bits per heavy atom. The van der Waals surface area contributed by atoms with Gasteiger partial charge in [0.25, 0.3) is 0 Å². The van der Waals surface area contributed by atoms with Crippen molar-refractivity contribution in [3.05, 3.63) is 11.6 Å². The Hall–Kier alpha value is -0.920. The maximum atomic E-state index is 11.8. The molecule has 5 atom stereocenters. The molecule has 0 unspecified atom stereocenters. The molecule has 0 radical (unpaired) electrons. The molecule has 3 saturated carbocycles. The SMILES string of the molecule is C[C@]12CCC(=O)C=C1CC[C@H]1[C@@H]3CCC[C@@]3(CC=O)CC[C@@H]12. The van der Waals surface area contributed by atoms with Gasteiger partial charge in [-0.15, -0.1) is 0 Å². The van der Waals surface area contributed by atoms with Crippen LogP contribution in [-0.4, -0.2) is 12.1 Å². The molecule has 0 aliphatic heterocycles. The van der Waals surface area contributed by atoms with Gasteiger partial charge in [-0.25, -0.2) is 0 Å². The fraction of sp³-hybridized carbons (Fsp3) is 0.800. The van der Waals surface area contributed by atoms with Crippen LogP contribution in [0.2, 0.25) is 0 Å². The van der Waals surface area contributed by atoms with E-state index in [1.54, 1.807) is 0 Å². The molecule has 0 aromatic heterocycles. The number of aldehydes is 1. The normalized spacial score (nSPS) is 47.2. The number of hydrogen-bond acceptors (Lipinski definition) is 2. The van der Waals surface area contributed by atoms with E-state index >= 15 is 0 Å². The molecular weight excluding hydrogens is 272 g/mol. The molecule has 2 nitrogen and oxygen atoms in total. The zero-order valence-electron chi connectivity index (χ0n) is 13.8. The average molecular weight is 300 g/mol. The summed E-state index contributed by atoms with van der Waals surface area (Å²) < 4.78 is 0. The van der Waals surface area contributed by atoms with Crippen LogP contribution in [0.1, 0.15) is 71.1 Å². The lowest BCUT2D eigenvalue weighted by Gasteiger charge is -2.57. The minimum absolute atomic E-state index is 0.271. The average Bonchev–Trinajstić information content (AvgIpc) is 2.92. The van der Waals surface area contributed by atoms with Gasteiger partial charge in [0.2, 0.25) is 0 Å². The van der Waals surface area contributed by atoms with E-state index in [0.29, 0.717) is 11.2 Å². The van der Waals surface area contributed by atoms with Crippen molar-refractivity contribution in [2.24, 2.45) is 28.6 Å². The summed E-state index contributed by atoms with van der Waals surface area (Å²) in [5.41, 5.74) is 2.06. The topological polar surface area (TPSA) is 34.1 Å². The second kappa shape index (κ2) is 5.04. The Morgan fingerprint density at radius 1 is 1.14 bits per heavy atom. The second-order valence-electron chi connectivity index (χ2n) is 8.63. The summed E-state index contributed by atoms with van der Waals surface area (Å²) >= 11 is 0. The molecule has 0 heterocycles. The van der Waals surface area contributed by atoms with E-state index in [1.807, 2.05) is 6.08 Å². The molecule has 3 fully saturated rings. The van der Waals surface area contributed by atoms with Crippen LogP contribution in [0.4, 0.5) is 0 Å². The lowest BCUT2D eigenvalue weighted by Crippen LogP contribution is -2.50. The zero-order valence-corrected chi connectivity index (χ0v) is 13.8. The van der Waals surface area contributed by atoms with Gasteiger partial charge >= 0.3 is 0 Å². The largest absolute Gasteiger partial charge is 0.303 e. The number of fused-ring (bicyclic) bond motifs is 5. The van der Waals surface area contributed by atoms with Crippen LogP contribution in [0.3, 0.4) is 0 Å². The molecule has 0 aromatic rings. The Morgan fingerprint density at radius 2 is 2.00 bits per heavy atom. The summed E-state index contributed by atoms with van der Waals surface area (Å²) in [6.07, 6.45) is 14.6. The molecule has 0 spiro atoms. The Kier molecular flexibility index (Phi) is 3.36. The number of carbonyl (C=O) groups excluding carboxylic acids is 2. The highest BCUT2D eigenvalue weighted by Crippen LogP contribution is 2.66. The molecule has 4 rings (SSSR count). The summed E-state index contributed by atoms with van der Waals surface area (Å²) in [6, 6.07) is 0. The van der Waals surface area contributed by atoms with Gasteiger partial charge in [0.1, 0.15) is 6.29 Å². The van der Waals surface area contributed by atoms with Crippen molar-refractivity contribution in [3.8, 4) is 0 Å². The van der Waals surface area contributed by atoms with Crippen LogP contribution in [0.15, 0.2) is 11.6 Å². The van der Waals surface area contributed by atoms with Crippen LogP contribution in [-0.2, 0) is 9.59 Å². The summed E-state index contributed by atoms with van der Waals surface area (Å²) in [5, 5.41) is 0. The zero-order chi connectivity index (χ0) is 15.4. The molecule has 0 bridgehead atoms. The first-order chi connectivity index (χ1) is 10.6. The highest BCUT2D eigenvalue weighted by atomic mass is 16.1. The van der Waals surface area contributed by atoms with Gasteiger partial charge in [0.05, 0.1) is 0 Å². The molecule has 4 aliphatic carbocycles. The van der Waals surface area contributed by atoms with Gasteiger partial charge in [-0.1, -0.05) is 18.9 Å². The summed E-state index contributed by atoms with van der Waals surface area (Å²) in [7, 11) is 0. The van der Waals surface area contributed by atoms with Gasteiger partial charge in [-0.05, 0) is 79.6 Å². The highest BCUT2D eigenvalue weighted by Gasteiger charge is 2.57. The van der Waals surface area contributed by atoms with Crippen molar-refractivity contribution in [2.45, 2.75) is 71.1 Å². The number of rotatable bonds is 2. The van der Waals surface area contributed by atoms with Crippen molar-refractivity contribution in [3.63, 3.8) is 0 Å². The van der Waals surface area contributed by atoms with Gasteiger partial charge in [-0.3, -0.25) is 4.79 Å². The molecule has 120 valence electrons. The molecule has 2 heteroatoms. The number of allylic oxidation sites excluding steroid dienone is 1. The van der Waals surface area contributed by atoms with E-state index < -0.39 is 0 Å². The molecule has 0 saturated heterocycles. The molecule has 0 amide bonds. The van der Waals surface area contributed by atoms with E-state index in [0.717, 1.165) is 43.4 Å². The van der Waals surface area contributed by atoms with Crippen molar-refractivity contribution in [2.75, 3.05) is 0 Å². The Bertz CT molecular complexity index is 534. The lowest BCUT2D eigenvalue weighted by molar-refractivity contribution is -0.119. The van der Waals surface area contributed by atoms with Crippen LogP contribution in [0.25, 0.3) is 0 Å². The van der Waals surface area contributed by atoms with Crippen molar-refractivity contribution >= 4 is 12.1 Å². The summed E-state index contributed by atoms with van der Waals surface area (Å²) in [6.45, 7) is 2.43. The predicted octanol–water partition coefficient (Wildman–Crippen LogP) is 4.48. The third-order valence-corrected chi connectivity index (χ3v) is 7.98. The standard InChI is InChI=1S/C20H28O2/c1-19-9-6-15(22)13-14(19)4-5-16-17(19)7-10-20(11-12-21)8-2-3-18(16)20/h12-13,16-18H,2-11H2,1H3/t16-,17+,18+,19+,20+/m1/s1. The van der Waals surface area contributed by atoms with Crippen LogP contribution in [0.5, 0.6) is 0 Å². The molecule has 0 N–H and O–H groups in total. The van der Waals surface area contributed by atoms with E-state index in [2.05, 4.69) is 6.92 Å². The molecule has 0 aromatic carbocycles. The van der Waals surface area contributed by atoms with Gasteiger partial charge in [0, 0.05) is 12.8 Å². The van der Waals surface area contributed by atoms with Crippen LogP contribution < -0.4 is 0 Å². The van der Waals surface area contributed by atoms with E-state index in [9.17, 15) is 9.59 Å². The second-order valence-corrected chi connectivity index (χ2v) is 8.63. The van der Waals surface area contributed by atoms with Gasteiger partial charge in [-0.2, -0.15) is 0 Å². The fourth-order valence-corrected chi connectivity index (χ4v) is 6.87. The molecule has 4 aliphatic rings. The van der Waals surface area contributed by atoms with E-state index in [-0.39, 0.29) is 5.41 Å². The molecular formula is C20H28O2. The number of hydrogen-bond donors (Lipinski definition) is 0. The minimum Gasteiger partial charge on any atom is -0.303 e. The van der Waals surface area contributed by atoms with Gasteiger partial charge in [0.15, 0.2) is 5.78 Å². The summed E-state index contributed by atoms with van der Waals surface area (Å²) in [5.74, 6) is 2.67. The van der Waals surface area contributed by atoms with Gasteiger partial charge < -0.3 is 4.79 Å². The minimum atomic E-state index is 0.271. The maximum absolute atomic E-state index is 11.8. The highest BCUT2D eigenvalue weighted by molar-refractivity contribution is 5.91. The van der Waals surface area contributed by atoms with E-state index in [4.69, 9.17) is 0 Å². The first kappa shape index (κ1) is 14.7.